The molecular weight excluding hydrogens is 276 g/mol. The smallest absolute Gasteiger partial charge is 0.271 e. The van der Waals surface area contributed by atoms with Gasteiger partial charge in [-0.05, 0) is 55.3 Å². The molecule has 0 aliphatic rings. The summed E-state index contributed by atoms with van der Waals surface area (Å²) in [5, 5.41) is 3.97. The quantitative estimate of drug-likeness (QED) is 0.654. The van der Waals surface area contributed by atoms with Crippen molar-refractivity contribution in [1.82, 2.24) is 5.43 Å². The van der Waals surface area contributed by atoms with Crippen LogP contribution in [0.3, 0.4) is 0 Å². The van der Waals surface area contributed by atoms with Gasteiger partial charge in [-0.25, -0.2) is 5.43 Å². The van der Waals surface area contributed by atoms with Crippen molar-refractivity contribution < 1.29 is 9.53 Å². The molecule has 0 fully saturated rings. The van der Waals surface area contributed by atoms with Gasteiger partial charge in [-0.1, -0.05) is 24.6 Å². The molecule has 0 bridgehead atoms. The molecule has 0 saturated carbocycles. The molecule has 0 radical (unpaired) electrons. The predicted octanol–water partition coefficient (Wildman–Crippen LogP) is 3.55. The van der Waals surface area contributed by atoms with Crippen molar-refractivity contribution in [1.29, 1.82) is 0 Å². The molecule has 2 rings (SSSR count). The molecule has 1 N–H and O–H groups in total. The largest absolute Gasteiger partial charge is 0.494 e. The summed E-state index contributed by atoms with van der Waals surface area (Å²) in [6.07, 6.45) is 2.59. The summed E-state index contributed by atoms with van der Waals surface area (Å²) in [5.74, 6) is 0.616. The van der Waals surface area contributed by atoms with Crippen molar-refractivity contribution in [3.8, 4) is 5.75 Å². The summed E-state index contributed by atoms with van der Waals surface area (Å²) < 4.78 is 5.51. The second-order valence-corrected chi connectivity index (χ2v) is 4.99. The first-order chi connectivity index (χ1) is 10.7. The fourth-order valence-corrected chi connectivity index (χ4v) is 1.89. The highest BCUT2D eigenvalue weighted by Gasteiger charge is 2.03. The summed E-state index contributed by atoms with van der Waals surface area (Å²) in [5.41, 5.74) is 5.06. The zero-order valence-corrected chi connectivity index (χ0v) is 12.9. The Labute approximate surface area is 130 Å². The van der Waals surface area contributed by atoms with Crippen molar-refractivity contribution in [2.75, 3.05) is 6.61 Å². The van der Waals surface area contributed by atoms with Gasteiger partial charge in [0.1, 0.15) is 5.75 Å². The number of hydrogen-bond acceptors (Lipinski definition) is 3. The minimum Gasteiger partial charge on any atom is -0.494 e. The second kappa shape index (κ2) is 7.98. The number of rotatable bonds is 6. The normalized spacial score (nSPS) is 10.6. The maximum Gasteiger partial charge on any atom is 0.271 e. The number of benzene rings is 2. The minimum absolute atomic E-state index is 0.220. The lowest BCUT2D eigenvalue weighted by atomic mass is 10.1. The van der Waals surface area contributed by atoms with Crippen LogP contribution in [0.4, 0.5) is 0 Å². The van der Waals surface area contributed by atoms with Crippen LogP contribution in [0.1, 0.15) is 34.8 Å². The van der Waals surface area contributed by atoms with Crippen molar-refractivity contribution in [2.24, 2.45) is 5.10 Å². The molecule has 0 spiro atoms. The molecule has 0 heterocycles. The number of carbonyl (C=O) groups is 1. The average molecular weight is 296 g/mol. The van der Waals surface area contributed by atoms with E-state index < -0.39 is 0 Å². The van der Waals surface area contributed by atoms with Gasteiger partial charge in [0, 0.05) is 5.56 Å². The Balaban J connectivity index is 1.90. The fourth-order valence-electron chi connectivity index (χ4n) is 1.89. The van der Waals surface area contributed by atoms with Gasteiger partial charge in [0.2, 0.25) is 0 Å². The number of hydrogen-bond donors (Lipinski definition) is 1. The maximum absolute atomic E-state index is 11.9. The van der Waals surface area contributed by atoms with E-state index in [1.165, 1.54) is 0 Å². The number of hydrazone groups is 1. The third-order valence-corrected chi connectivity index (χ3v) is 3.01. The van der Waals surface area contributed by atoms with Crippen LogP contribution in [0.5, 0.6) is 5.75 Å². The van der Waals surface area contributed by atoms with Crippen molar-refractivity contribution in [2.45, 2.75) is 20.3 Å². The van der Waals surface area contributed by atoms with Crippen molar-refractivity contribution in [3.63, 3.8) is 0 Å². The summed E-state index contributed by atoms with van der Waals surface area (Å²) >= 11 is 0. The Morgan fingerprint density at radius 2 is 2.00 bits per heavy atom. The van der Waals surface area contributed by atoms with Gasteiger partial charge in [0.15, 0.2) is 0 Å². The lowest BCUT2D eigenvalue weighted by Gasteiger charge is -2.04. The predicted molar refractivity (Wildman–Crippen MR) is 88.5 cm³/mol. The topological polar surface area (TPSA) is 50.7 Å². The Kier molecular flexibility index (Phi) is 5.72. The molecule has 0 saturated heterocycles. The lowest BCUT2D eigenvalue weighted by molar-refractivity contribution is 0.0955. The number of nitrogens with one attached hydrogen (secondary N) is 1. The van der Waals surface area contributed by atoms with Crippen molar-refractivity contribution in [3.05, 3.63) is 65.2 Å². The molecule has 2 aromatic rings. The Hall–Kier alpha value is -2.62. The monoisotopic (exact) mass is 296 g/mol. The fraction of sp³-hybridized carbons (Fsp3) is 0.222. The van der Waals surface area contributed by atoms with E-state index in [0.717, 1.165) is 23.3 Å². The van der Waals surface area contributed by atoms with Gasteiger partial charge in [-0.3, -0.25) is 4.79 Å². The van der Waals surface area contributed by atoms with Gasteiger partial charge in [-0.2, -0.15) is 5.10 Å². The molecule has 4 heteroatoms. The minimum atomic E-state index is -0.220. The molecule has 2 aromatic carbocycles. The summed E-state index contributed by atoms with van der Waals surface area (Å²) in [4.78, 5) is 11.9. The zero-order valence-electron chi connectivity index (χ0n) is 12.9. The van der Waals surface area contributed by atoms with Gasteiger partial charge in [0.05, 0.1) is 12.8 Å². The number of aryl methyl sites for hydroxylation is 1. The summed E-state index contributed by atoms with van der Waals surface area (Å²) in [6, 6.07) is 15.0. The number of ether oxygens (including phenoxy) is 1. The molecule has 0 atom stereocenters. The third-order valence-electron chi connectivity index (χ3n) is 3.01. The highest BCUT2D eigenvalue weighted by atomic mass is 16.5. The van der Waals surface area contributed by atoms with E-state index >= 15 is 0 Å². The first-order valence-corrected chi connectivity index (χ1v) is 7.32. The summed E-state index contributed by atoms with van der Waals surface area (Å²) in [6.45, 7) is 4.72. The van der Waals surface area contributed by atoms with Gasteiger partial charge >= 0.3 is 0 Å². The molecule has 4 nitrogen and oxygen atoms in total. The van der Waals surface area contributed by atoms with Crippen LogP contribution in [-0.2, 0) is 0 Å². The Morgan fingerprint density at radius 3 is 2.68 bits per heavy atom. The number of amides is 1. The van der Waals surface area contributed by atoms with Gasteiger partial charge < -0.3 is 4.74 Å². The Morgan fingerprint density at radius 1 is 1.23 bits per heavy atom. The van der Waals surface area contributed by atoms with Crippen LogP contribution >= 0.6 is 0 Å². The Bertz CT molecular complexity index is 648. The van der Waals surface area contributed by atoms with Crippen LogP contribution in [0.2, 0.25) is 0 Å². The standard InChI is InChI=1S/C18H20N2O2/c1-3-11-22-17-9-7-15(8-10-17)13-19-20-18(21)16-6-4-5-14(2)12-16/h4-10,12-13H,3,11H2,1-2H3,(H,20,21). The highest BCUT2D eigenvalue weighted by Crippen LogP contribution is 2.11. The van der Waals surface area contributed by atoms with Gasteiger partial charge in [0.25, 0.3) is 5.91 Å². The molecule has 1 amide bonds. The van der Waals surface area contributed by atoms with E-state index in [0.29, 0.717) is 12.2 Å². The first kappa shape index (κ1) is 15.8. The first-order valence-electron chi connectivity index (χ1n) is 7.32. The van der Waals surface area contributed by atoms with E-state index in [-0.39, 0.29) is 5.91 Å². The molecule has 0 aromatic heterocycles. The van der Waals surface area contributed by atoms with E-state index in [9.17, 15) is 4.79 Å². The van der Waals surface area contributed by atoms with Crippen LogP contribution in [0, 0.1) is 6.92 Å². The average Bonchev–Trinajstić information content (AvgIpc) is 2.54. The van der Waals surface area contributed by atoms with E-state index in [1.54, 1.807) is 12.3 Å². The molecular formula is C18H20N2O2. The van der Waals surface area contributed by atoms with Gasteiger partial charge in [-0.15, -0.1) is 0 Å². The van der Waals surface area contributed by atoms with Crippen molar-refractivity contribution >= 4 is 12.1 Å². The molecule has 0 aliphatic heterocycles. The molecule has 0 unspecified atom stereocenters. The lowest BCUT2D eigenvalue weighted by Crippen LogP contribution is -2.17. The third kappa shape index (κ3) is 4.74. The molecule has 22 heavy (non-hydrogen) atoms. The second-order valence-electron chi connectivity index (χ2n) is 4.99. The number of carbonyl (C=O) groups excluding carboxylic acids is 1. The van der Waals surface area contributed by atoms with E-state index in [2.05, 4.69) is 17.5 Å². The van der Waals surface area contributed by atoms with Crippen LogP contribution in [0.25, 0.3) is 0 Å². The zero-order chi connectivity index (χ0) is 15.8. The maximum atomic E-state index is 11.9. The van der Waals surface area contributed by atoms with E-state index in [4.69, 9.17) is 4.74 Å². The SMILES string of the molecule is CCCOc1ccc(C=NNC(=O)c2cccc(C)c2)cc1. The molecule has 114 valence electrons. The summed E-state index contributed by atoms with van der Waals surface area (Å²) in [7, 11) is 0. The van der Waals surface area contributed by atoms with Crippen LogP contribution in [-0.4, -0.2) is 18.7 Å². The number of nitrogens with zero attached hydrogens (tertiary/aromatic N) is 1. The van der Waals surface area contributed by atoms with Crippen LogP contribution in [0.15, 0.2) is 53.6 Å². The molecule has 0 aliphatic carbocycles. The highest BCUT2D eigenvalue weighted by molar-refractivity contribution is 5.95. The van der Waals surface area contributed by atoms with Crippen LogP contribution < -0.4 is 10.2 Å². The van der Waals surface area contributed by atoms with E-state index in [1.807, 2.05) is 49.4 Å².